The summed E-state index contributed by atoms with van der Waals surface area (Å²) in [7, 11) is 0. The lowest BCUT2D eigenvalue weighted by Gasteiger charge is -2.15. The first-order valence-corrected chi connectivity index (χ1v) is 7.91. The maximum atomic E-state index is 14.4. The molecule has 1 aromatic heterocycles. The van der Waals surface area contributed by atoms with E-state index in [1.54, 1.807) is 31.5 Å². The molecule has 0 aliphatic heterocycles. The number of pyridine rings is 1. The molecule has 1 heterocycles. The highest BCUT2D eigenvalue weighted by molar-refractivity contribution is 5.95. The number of halogens is 3. The van der Waals surface area contributed by atoms with Crippen molar-refractivity contribution in [3.05, 3.63) is 89.5 Å². The van der Waals surface area contributed by atoms with Crippen LogP contribution in [0.4, 0.5) is 13.2 Å². The molecule has 0 fully saturated rings. The van der Waals surface area contributed by atoms with E-state index < -0.39 is 29.4 Å². The molecule has 0 saturated heterocycles. The lowest BCUT2D eigenvalue weighted by molar-refractivity contribution is 0.0939. The van der Waals surface area contributed by atoms with E-state index in [4.69, 9.17) is 0 Å². The summed E-state index contributed by atoms with van der Waals surface area (Å²) in [5.41, 5.74) is 1.55. The van der Waals surface area contributed by atoms with E-state index in [-0.39, 0.29) is 5.56 Å². The number of carbonyl (C=O) groups is 1. The van der Waals surface area contributed by atoms with Crippen molar-refractivity contribution in [1.82, 2.24) is 10.3 Å². The van der Waals surface area contributed by atoms with Crippen LogP contribution in [0.3, 0.4) is 0 Å². The molecule has 1 N–H and O–H groups in total. The van der Waals surface area contributed by atoms with Gasteiger partial charge in [0, 0.05) is 23.5 Å². The van der Waals surface area contributed by atoms with Gasteiger partial charge in [0.05, 0.1) is 6.04 Å². The maximum absolute atomic E-state index is 14.4. The summed E-state index contributed by atoms with van der Waals surface area (Å²) in [4.78, 5) is 16.2. The Kier molecular flexibility index (Phi) is 5.02. The van der Waals surface area contributed by atoms with Crippen molar-refractivity contribution in [2.45, 2.75) is 13.0 Å². The number of nitrogens with one attached hydrogen (secondary N) is 1. The summed E-state index contributed by atoms with van der Waals surface area (Å²) in [6, 6.07) is 10.3. The van der Waals surface area contributed by atoms with E-state index in [1.165, 1.54) is 18.2 Å². The predicted octanol–water partition coefficient (Wildman–Crippen LogP) is 4.66. The van der Waals surface area contributed by atoms with Crippen molar-refractivity contribution in [2.75, 3.05) is 0 Å². The maximum Gasteiger partial charge on any atom is 0.251 e. The van der Waals surface area contributed by atoms with Crippen molar-refractivity contribution in [3.8, 4) is 11.1 Å². The predicted molar refractivity (Wildman–Crippen MR) is 91.9 cm³/mol. The molecule has 0 radical (unpaired) electrons. The van der Waals surface area contributed by atoms with Crippen LogP contribution in [-0.4, -0.2) is 10.9 Å². The third-order valence-corrected chi connectivity index (χ3v) is 4.01. The molecule has 6 heteroatoms. The van der Waals surface area contributed by atoms with Crippen LogP contribution in [0.25, 0.3) is 11.1 Å². The summed E-state index contributed by atoms with van der Waals surface area (Å²) in [6.07, 6.45) is 3.11. The van der Waals surface area contributed by atoms with Crippen LogP contribution < -0.4 is 5.32 Å². The van der Waals surface area contributed by atoms with Crippen LogP contribution >= 0.6 is 0 Å². The van der Waals surface area contributed by atoms with Gasteiger partial charge in [-0.15, -0.1) is 0 Å². The topological polar surface area (TPSA) is 42.0 Å². The van der Waals surface area contributed by atoms with Gasteiger partial charge in [0.1, 0.15) is 5.82 Å². The van der Waals surface area contributed by atoms with E-state index in [9.17, 15) is 18.0 Å². The molecular weight excluding hydrogens is 341 g/mol. The van der Waals surface area contributed by atoms with Gasteiger partial charge in [0.25, 0.3) is 5.91 Å². The largest absolute Gasteiger partial charge is 0.346 e. The SMILES string of the molecule is C[C@H](NC(=O)c1ccc(-c2ccncc2)c(F)c1)c1ccc(F)c(F)c1. The van der Waals surface area contributed by atoms with Gasteiger partial charge in [-0.2, -0.15) is 0 Å². The molecule has 3 nitrogen and oxygen atoms in total. The Labute approximate surface area is 148 Å². The molecule has 0 aliphatic rings. The van der Waals surface area contributed by atoms with Crippen LogP contribution in [0, 0.1) is 17.5 Å². The second-order valence-corrected chi connectivity index (χ2v) is 5.80. The van der Waals surface area contributed by atoms with Crippen LogP contribution in [0.15, 0.2) is 60.9 Å². The summed E-state index contributed by atoms with van der Waals surface area (Å²) < 4.78 is 40.7. The fourth-order valence-corrected chi connectivity index (χ4v) is 2.57. The minimum absolute atomic E-state index is 0.134. The van der Waals surface area contributed by atoms with Gasteiger partial charge < -0.3 is 5.32 Å². The fourth-order valence-electron chi connectivity index (χ4n) is 2.57. The smallest absolute Gasteiger partial charge is 0.251 e. The van der Waals surface area contributed by atoms with E-state index in [2.05, 4.69) is 10.3 Å². The lowest BCUT2D eigenvalue weighted by atomic mass is 10.0. The van der Waals surface area contributed by atoms with Crippen molar-refractivity contribution in [2.24, 2.45) is 0 Å². The van der Waals surface area contributed by atoms with Gasteiger partial charge in [0.15, 0.2) is 11.6 Å². The van der Waals surface area contributed by atoms with Gasteiger partial charge in [-0.05, 0) is 54.4 Å². The highest BCUT2D eigenvalue weighted by Gasteiger charge is 2.15. The Balaban J connectivity index is 1.77. The molecular formula is C20H15F3N2O. The van der Waals surface area contributed by atoms with Crippen molar-refractivity contribution in [1.29, 1.82) is 0 Å². The normalized spacial score (nSPS) is 11.8. The average Bonchev–Trinajstić information content (AvgIpc) is 2.64. The molecule has 1 amide bonds. The molecule has 1 atom stereocenters. The fraction of sp³-hybridized carbons (Fsp3) is 0.100. The minimum Gasteiger partial charge on any atom is -0.346 e. The Bertz CT molecular complexity index is 945. The van der Waals surface area contributed by atoms with Crippen LogP contribution in [0.5, 0.6) is 0 Å². The molecule has 2 aromatic carbocycles. The second kappa shape index (κ2) is 7.39. The van der Waals surface area contributed by atoms with Gasteiger partial charge >= 0.3 is 0 Å². The first kappa shape index (κ1) is 17.7. The average molecular weight is 356 g/mol. The van der Waals surface area contributed by atoms with Crippen molar-refractivity contribution >= 4 is 5.91 Å². The molecule has 0 unspecified atom stereocenters. The summed E-state index contributed by atoms with van der Waals surface area (Å²) in [5, 5.41) is 2.64. The Hall–Kier alpha value is -3.15. The zero-order valence-electron chi connectivity index (χ0n) is 13.8. The molecule has 0 aliphatic carbocycles. The number of carbonyl (C=O) groups excluding carboxylic acids is 1. The zero-order chi connectivity index (χ0) is 18.7. The molecule has 0 bridgehead atoms. The third kappa shape index (κ3) is 3.74. The van der Waals surface area contributed by atoms with E-state index in [1.807, 2.05) is 0 Å². The summed E-state index contributed by atoms with van der Waals surface area (Å²) in [6.45, 7) is 1.63. The van der Waals surface area contributed by atoms with Crippen LogP contribution in [-0.2, 0) is 0 Å². The minimum atomic E-state index is -0.989. The molecule has 3 rings (SSSR count). The Morgan fingerprint density at radius 2 is 1.65 bits per heavy atom. The Morgan fingerprint density at radius 1 is 0.923 bits per heavy atom. The summed E-state index contributed by atoms with van der Waals surface area (Å²) in [5.74, 6) is -3.00. The molecule has 0 saturated carbocycles. The van der Waals surface area contributed by atoms with Crippen LogP contribution in [0.2, 0.25) is 0 Å². The van der Waals surface area contributed by atoms with Crippen molar-refractivity contribution < 1.29 is 18.0 Å². The number of aromatic nitrogens is 1. The number of benzene rings is 2. The Morgan fingerprint density at radius 3 is 2.31 bits per heavy atom. The molecule has 3 aromatic rings. The number of hydrogen-bond donors (Lipinski definition) is 1. The number of nitrogens with zero attached hydrogens (tertiary/aromatic N) is 1. The molecule has 0 spiro atoms. The van der Waals surface area contributed by atoms with Gasteiger partial charge in [-0.3, -0.25) is 9.78 Å². The number of rotatable bonds is 4. The van der Waals surface area contributed by atoms with Gasteiger partial charge in [-0.25, -0.2) is 13.2 Å². The van der Waals surface area contributed by atoms with Gasteiger partial charge in [0.2, 0.25) is 0 Å². The molecule has 132 valence electrons. The quantitative estimate of drug-likeness (QED) is 0.739. The molecule has 26 heavy (non-hydrogen) atoms. The first-order chi connectivity index (χ1) is 12.5. The van der Waals surface area contributed by atoms with Crippen molar-refractivity contribution in [3.63, 3.8) is 0 Å². The lowest BCUT2D eigenvalue weighted by Crippen LogP contribution is -2.26. The van der Waals surface area contributed by atoms with E-state index in [0.29, 0.717) is 16.7 Å². The summed E-state index contributed by atoms with van der Waals surface area (Å²) >= 11 is 0. The highest BCUT2D eigenvalue weighted by atomic mass is 19.2. The monoisotopic (exact) mass is 356 g/mol. The standard InChI is InChI=1S/C20H15F3N2O/c1-12(14-3-5-17(21)19(23)10-14)25-20(26)15-2-4-16(18(22)11-15)13-6-8-24-9-7-13/h2-12H,1H3,(H,25,26)/t12-/m0/s1. The first-order valence-electron chi connectivity index (χ1n) is 7.91. The zero-order valence-corrected chi connectivity index (χ0v) is 13.8. The van der Waals surface area contributed by atoms with Crippen LogP contribution in [0.1, 0.15) is 28.9 Å². The number of amides is 1. The van der Waals surface area contributed by atoms with E-state index in [0.717, 1.165) is 18.2 Å². The second-order valence-electron chi connectivity index (χ2n) is 5.80. The highest BCUT2D eigenvalue weighted by Crippen LogP contribution is 2.23. The third-order valence-electron chi connectivity index (χ3n) is 4.01. The van der Waals surface area contributed by atoms with E-state index >= 15 is 0 Å². The number of hydrogen-bond acceptors (Lipinski definition) is 2. The van der Waals surface area contributed by atoms with Gasteiger partial charge in [-0.1, -0.05) is 12.1 Å².